The van der Waals surface area contributed by atoms with Crippen LogP contribution >= 0.6 is 0 Å². The van der Waals surface area contributed by atoms with Crippen molar-refractivity contribution in [1.29, 1.82) is 0 Å². The Bertz CT molecular complexity index is 127. The van der Waals surface area contributed by atoms with Gasteiger partial charge in [-0.25, -0.2) is 0 Å². The summed E-state index contributed by atoms with van der Waals surface area (Å²) in [5.74, 6) is 0. The van der Waals surface area contributed by atoms with Crippen molar-refractivity contribution in [3.8, 4) is 0 Å². The van der Waals surface area contributed by atoms with E-state index in [4.69, 9.17) is 19.3 Å². The van der Waals surface area contributed by atoms with Crippen molar-refractivity contribution in [2.75, 3.05) is 26.9 Å². The van der Waals surface area contributed by atoms with Crippen LogP contribution in [0.15, 0.2) is 12.8 Å². The van der Waals surface area contributed by atoms with Gasteiger partial charge >= 0.3 is 0 Å². The van der Waals surface area contributed by atoms with Crippen LogP contribution in [-0.2, 0) is 14.2 Å². The number of hydrogen-bond donors (Lipinski definition) is 1. The molecule has 1 N–H and O–H groups in total. The second-order valence-corrected chi connectivity index (χ2v) is 2.71. The highest BCUT2D eigenvalue weighted by Gasteiger charge is 2.10. The maximum atomic E-state index is 8.69. The minimum Gasteiger partial charge on any atom is -0.494 e. The van der Waals surface area contributed by atoms with Crippen molar-refractivity contribution in [2.24, 2.45) is 0 Å². The highest BCUT2D eigenvalue weighted by Crippen LogP contribution is 1.98. The monoisotopic (exact) mass is 190 g/mol. The molecule has 0 radical (unpaired) electrons. The van der Waals surface area contributed by atoms with Crippen LogP contribution in [0.5, 0.6) is 0 Å². The maximum absolute atomic E-state index is 8.69. The van der Waals surface area contributed by atoms with E-state index in [2.05, 4.69) is 6.58 Å². The first-order chi connectivity index (χ1) is 6.24. The summed E-state index contributed by atoms with van der Waals surface area (Å²) in [4.78, 5) is 0. The zero-order chi connectivity index (χ0) is 10.1. The Morgan fingerprint density at radius 2 is 2.15 bits per heavy atom. The molecule has 0 rings (SSSR count). The van der Waals surface area contributed by atoms with Gasteiger partial charge in [-0.05, 0) is 6.92 Å². The minimum atomic E-state index is -0.173. The second-order valence-electron chi connectivity index (χ2n) is 2.71. The second kappa shape index (κ2) is 8.04. The first-order valence-electron chi connectivity index (χ1n) is 4.22. The quantitative estimate of drug-likeness (QED) is 0.568. The van der Waals surface area contributed by atoms with E-state index in [1.165, 1.54) is 6.26 Å². The molecule has 4 heteroatoms. The smallest absolute Gasteiger partial charge is 0.144 e. The summed E-state index contributed by atoms with van der Waals surface area (Å²) < 4.78 is 15.3. The summed E-state index contributed by atoms with van der Waals surface area (Å²) in [7, 11) is 1.59. The molecule has 0 saturated heterocycles. The average molecular weight is 190 g/mol. The zero-order valence-electron chi connectivity index (χ0n) is 8.23. The van der Waals surface area contributed by atoms with Crippen molar-refractivity contribution in [2.45, 2.75) is 19.1 Å². The van der Waals surface area contributed by atoms with Gasteiger partial charge in [-0.15, -0.1) is 0 Å². The Balaban J connectivity index is 3.60. The van der Waals surface area contributed by atoms with Crippen LogP contribution in [0.4, 0.5) is 0 Å². The first-order valence-corrected chi connectivity index (χ1v) is 4.22. The summed E-state index contributed by atoms with van der Waals surface area (Å²) in [6.07, 6.45) is 1.03. The Kier molecular flexibility index (Phi) is 7.68. The number of aliphatic hydroxyl groups is 1. The lowest BCUT2D eigenvalue weighted by Crippen LogP contribution is -2.27. The molecule has 0 heterocycles. The van der Waals surface area contributed by atoms with Crippen LogP contribution in [0, 0.1) is 0 Å². The molecule has 0 aromatic heterocycles. The molecule has 0 aliphatic carbocycles. The third-order valence-corrected chi connectivity index (χ3v) is 1.46. The standard InChI is InChI=1S/C9H18O4/c1-4-12-9(6-11-3)7-13-8(2)5-10/h4,8-10H,1,5-7H2,2-3H3. The van der Waals surface area contributed by atoms with Crippen molar-refractivity contribution >= 4 is 0 Å². The zero-order valence-corrected chi connectivity index (χ0v) is 8.23. The van der Waals surface area contributed by atoms with Gasteiger partial charge in [0.15, 0.2) is 0 Å². The normalized spacial score (nSPS) is 15.0. The molecule has 0 aromatic carbocycles. The van der Waals surface area contributed by atoms with E-state index < -0.39 is 0 Å². The molecule has 0 aliphatic heterocycles. The fraction of sp³-hybridized carbons (Fsp3) is 0.778. The minimum absolute atomic E-state index is 0.00773. The number of ether oxygens (including phenoxy) is 3. The number of hydrogen-bond acceptors (Lipinski definition) is 4. The molecule has 0 aromatic rings. The number of aliphatic hydroxyl groups excluding tert-OH is 1. The number of methoxy groups -OCH3 is 1. The molecular formula is C9H18O4. The Morgan fingerprint density at radius 1 is 1.46 bits per heavy atom. The van der Waals surface area contributed by atoms with Crippen molar-refractivity contribution in [3.05, 3.63) is 12.8 Å². The fourth-order valence-corrected chi connectivity index (χ4v) is 0.773. The predicted octanol–water partition coefficient (Wildman–Crippen LogP) is 0.559. The molecular weight excluding hydrogens is 172 g/mol. The highest BCUT2D eigenvalue weighted by atomic mass is 16.6. The van der Waals surface area contributed by atoms with Gasteiger partial charge in [0.25, 0.3) is 0 Å². The van der Waals surface area contributed by atoms with E-state index in [1.54, 1.807) is 14.0 Å². The van der Waals surface area contributed by atoms with E-state index in [0.29, 0.717) is 13.2 Å². The lowest BCUT2D eigenvalue weighted by Gasteiger charge is -2.17. The van der Waals surface area contributed by atoms with Gasteiger partial charge in [0.1, 0.15) is 6.10 Å². The summed E-state index contributed by atoms with van der Waals surface area (Å²) in [6.45, 7) is 6.08. The van der Waals surface area contributed by atoms with Gasteiger partial charge in [0.05, 0.1) is 32.2 Å². The molecule has 0 bridgehead atoms. The van der Waals surface area contributed by atoms with Crippen LogP contribution in [0.2, 0.25) is 0 Å². The number of rotatable bonds is 8. The maximum Gasteiger partial charge on any atom is 0.144 e. The largest absolute Gasteiger partial charge is 0.494 e. The Labute approximate surface area is 79.1 Å². The van der Waals surface area contributed by atoms with Gasteiger partial charge in [-0.3, -0.25) is 0 Å². The van der Waals surface area contributed by atoms with Crippen molar-refractivity contribution < 1.29 is 19.3 Å². The third kappa shape index (κ3) is 6.57. The lowest BCUT2D eigenvalue weighted by molar-refractivity contribution is -0.0496. The SMILES string of the molecule is C=COC(COC)COC(C)CO. The van der Waals surface area contributed by atoms with Gasteiger partial charge in [-0.1, -0.05) is 6.58 Å². The highest BCUT2D eigenvalue weighted by molar-refractivity contribution is 4.62. The third-order valence-electron chi connectivity index (χ3n) is 1.46. The molecule has 0 fully saturated rings. The summed E-state index contributed by atoms with van der Waals surface area (Å²) in [5, 5.41) is 8.69. The molecule has 0 amide bonds. The molecule has 0 saturated carbocycles. The molecule has 2 atom stereocenters. The van der Waals surface area contributed by atoms with Crippen LogP contribution < -0.4 is 0 Å². The van der Waals surface area contributed by atoms with Crippen LogP contribution in [-0.4, -0.2) is 44.2 Å². The molecule has 78 valence electrons. The topological polar surface area (TPSA) is 47.9 Å². The van der Waals surface area contributed by atoms with Crippen molar-refractivity contribution in [3.63, 3.8) is 0 Å². The predicted molar refractivity (Wildman–Crippen MR) is 49.4 cm³/mol. The molecule has 4 nitrogen and oxygen atoms in total. The van der Waals surface area contributed by atoms with Gasteiger partial charge in [0.2, 0.25) is 0 Å². The molecule has 0 spiro atoms. The lowest BCUT2D eigenvalue weighted by atomic mass is 10.4. The molecule has 13 heavy (non-hydrogen) atoms. The Hall–Kier alpha value is -0.580. The van der Waals surface area contributed by atoms with Crippen LogP contribution in [0.3, 0.4) is 0 Å². The van der Waals surface area contributed by atoms with Gasteiger partial charge in [-0.2, -0.15) is 0 Å². The fourth-order valence-electron chi connectivity index (χ4n) is 0.773. The first kappa shape index (κ1) is 12.4. The van der Waals surface area contributed by atoms with Gasteiger partial charge in [0, 0.05) is 7.11 Å². The van der Waals surface area contributed by atoms with E-state index >= 15 is 0 Å². The average Bonchev–Trinajstić information content (AvgIpc) is 2.14. The van der Waals surface area contributed by atoms with E-state index in [9.17, 15) is 0 Å². The Morgan fingerprint density at radius 3 is 2.62 bits per heavy atom. The van der Waals surface area contributed by atoms with Crippen LogP contribution in [0.25, 0.3) is 0 Å². The summed E-state index contributed by atoms with van der Waals surface area (Å²) in [5.41, 5.74) is 0. The summed E-state index contributed by atoms with van der Waals surface area (Å²) in [6, 6.07) is 0. The molecule has 0 aliphatic rings. The molecule has 2 unspecified atom stereocenters. The summed E-state index contributed by atoms with van der Waals surface area (Å²) >= 11 is 0. The van der Waals surface area contributed by atoms with E-state index in [-0.39, 0.29) is 18.8 Å². The van der Waals surface area contributed by atoms with E-state index in [0.717, 1.165) is 0 Å². The van der Waals surface area contributed by atoms with Gasteiger partial charge < -0.3 is 19.3 Å². The van der Waals surface area contributed by atoms with Crippen molar-refractivity contribution in [1.82, 2.24) is 0 Å². The van der Waals surface area contributed by atoms with Crippen LogP contribution in [0.1, 0.15) is 6.92 Å². The van der Waals surface area contributed by atoms with E-state index in [1.807, 2.05) is 0 Å².